The second kappa shape index (κ2) is 9.06. The van der Waals surface area contributed by atoms with E-state index in [1.165, 1.54) is 18.3 Å². The van der Waals surface area contributed by atoms with Crippen molar-refractivity contribution in [1.82, 2.24) is 9.97 Å². The van der Waals surface area contributed by atoms with Gasteiger partial charge in [0.25, 0.3) is 5.91 Å². The van der Waals surface area contributed by atoms with Crippen LogP contribution < -0.4 is 15.5 Å². The van der Waals surface area contributed by atoms with Crippen LogP contribution in [0.5, 0.6) is 0 Å². The Morgan fingerprint density at radius 3 is 2.80 bits per heavy atom. The zero-order valence-corrected chi connectivity index (χ0v) is 16.7. The molecule has 0 unspecified atom stereocenters. The van der Waals surface area contributed by atoms with Crippen LogP contribution in [0.1, 0.15) is 5.56 Å². The van der Waals surface area contributed by atoms with Gasteiger partial charge in [-0.05, 0) is 42.0 Å². The number of hydrogen-bond acceptors (Lipinski definition) is 6. The fourth-order valence-corrected chi connectivity index (χ4v) is 3.19. The molecule has 4 rings (SSSR count). The first kappa shape index (κ1) is 20.1. The second-order valence-corrected chi connectivity index (χ2v) is 7.05. The molecule has 30 heavy (non-hydrogen) atoms. The summed E-state index contributed by atoms with van der Waals surface area (Å²) in [6.07, 6.45) is 1.49. The lowest BCUT2D eigenvalue weighted by Crippen LogP contribution is -2.41. The van der Waals surface area contributed by atoms with Crippen LogP contribution in [0.4, 0.5) is 27.5 Å². The van der Waals surface area contributed by atoms with E-state index in [1.54, 1.807) is 11.0 Å². The minimum absolute atomic E-state index is 0.0583. The van der Waals surface area contributed by atoms with Crippen molar-refractivity contribution in [2.45, 2.75) is 6.54 Å². The van der Waals surface area contributed by atoms with E-state index in [0.29, 0.717) is 36.5 Å². The summed E-state index contributed by atoms with van der Waals surface area (Å²) in [6, 6.07) is 13.7. The fraction of sp³-hybridized carbons (Fsp3) is 0.190. The Labute approximate surface area is 177 Å². The highest BCUT2D eigenvalue weighted by Crippen LogP contribution is 2.24. The normalized spacial score (nSPS) is 13.9. The van der Waals surface area contributed by atoms with Gasteiger partial charge in [0.05, 0.1) is 12.8 Å². The van der Waals surface area contributed by atoms with E-state index < -0.39 is 0 Å². The van der Waals surface area contributed by atoms with Crippen LogP contribution in [0.3, 0.4) is 0 Å². The summed E-state index contributed by atoms with van der Waals surface area (Å²) in [5.41, 5.74) is 2.34. The van der Waals surface area contributed by atoms with E-state index in [0.717, 1.165) is 16.9 Å². The zero-order valence-electron chi connectivity index (χ0n) is 15.9. The van der Waals surface area contributed by atoms with Gasteiger partial charge in [-0.15, -0.1) is 0 Å². The van der Waals surface area contributed by atoms with Crippen molar-refractivity contribution < 1.29 is 13.9 Å². The molecule has 1 fully saturated rings. The predicted molar refractivity (Wildman–Crippen MR) is 114 cm³/mol. The monoisotopic (exact) mass is 427 g/mol. The van der Waals surface area contributed by atoms with E-state index >= 15 is 0 Å². The number of benzene rings is 2. The number of amides is 1. The molecule has 1 saturated heterocycles. The number of anilines is 4. The summed E-state index contributed by atoms with van der Waals surface area (Å²) >= 11 is 6.18. The lowest BCUT2D eigenvalue weighted by molar-refractivity contribution is -0.125. The van der Waals surface area contributed by atoms with Crippen LogP contribution in [0.2, 0.25) is 5.02 Å². The highest BCUT2D eigenvalue weighted by Gasteiger charge is 2.19. The molecule has 0 spiro atoms. The molecule has 154 valence electrons. The maximum Gasteiger partial charge on any atom is 0.253 e. The fourth-order valence-electron chi connectivity index (χ4n) is 3.03. The van der Waals surface area contributed by atoms with Crippen LogP contribution >= 0.6 is 11.6 Å². The third-order valence-electron chi connectivity index (χ3n) is 4.51. The summed E-state index contributed by atoms with van der Waals surface area (Å²) < 4.78 is 18.5. The first-order valence-electron chi connectivity index (χ1n) is 9.34. The van der Waals surface area contributed by atoms with Crippen molar-refractivity contribution in [3.05, 3.63) is 71.1 Å². The third kappa shape index (κ3) is 4.84. The highest BCUT2D eigenvalue weighted by molar-refractivity contribution is 6.32. The van der Waals surface area contributed by atoms with Gasteiger partial charge in [0, 0.05) is 24.5 Å². The average molecular weight is 428 g/mol. The van der Waals surface area contributed by atoms with Crippen molar-refractivity contribution in [1.29, 1.82) is 0 Å². The zero-order chi connectivity index (χ0) is 20.9. The molecule has 1 aromatic heterocycles. The molecule has 0 aliphatic carbocycles. The van der Waals surface area contributed by atoms with Gasteiger partial charge in [-0.3, -0.25) is 4.79 Å². The first-order valence-corrected chi connectivity index (χ1v) is 9.72. The highest BCUT2D eigenvalue weighted by atomic mass is 35.5. The van der Waals surface area contributed by atoms with Crippen LogP contribution in [-0.4, -0.2) is 35.6 Å². The SMILES string of the molecule is O=C1COCCN1c1ccc(Nc2ncc(Cl)c(NCc3cccc(F)c3)n2)cc1. The lowest BCUT2D eigenvalue weighted by atomic mass is 10.2. The Morgan fingerprint density at radius 1 is 1.20 bits per heavy atom. The average Bonchev–Trinajstić information content (AvgIpc) is 2.75. The van der Waals surface area contributed by atoms with E-state index in [2.05, 4.69) is 20.6 Å². The summed E-state index contributed by atoms with van der Waals surface area (Å²) in [7, 11) is 0. The largest absolute Gasteiger partial charge is 0.370 e. The number of hydrogen-bond donors (Lipinski definition) is 2. The summed E-state index contributed by atoms with van der Waals surface area (Å²) in [5.74, 6) is 0.440. The van der Waals surface area contributed by atoms with E-state index in [1.807, 2.05) is 30.3 Å². The van der Waals surface area contributed by atoms with E-state index in [-0.39, 0.29) is 18.3 Å². The molecule has 7 nitrogen and oxygen atoms in total. The smallest absolute Gasteiger partial charge is 0.253 e. The standard InChI is InChI=1S/C21H19ClFN5O2/c22-18-12-25-21(27-20(18)24-11-14-2-1-3-15(23)10-14)26-16-4-6-17(7-5-16)28-8-9-30-13-19(28)29/h1-7,10,12H,8-9,11,13H2,(H2,24,25,26,27). The molecule has 0 bridgehead atoms. The van der Waals surface area contributed by atoms with Crippen molar-refractivity contribution in [3.63, 3.8) is 0 Å². The van der Waals surface area contributed by atoms with Crippen molar-refractivity contribution in [2.24, 2.45) is 0 Å². The number of aromatic nitrogens is 2. The first-order chi connectivity index (χ1) is 14.6. The summed E-state index contributed by atoms with van der Waals surface area (Å²) in [4.78, 5) is 22.2. The van der Waals surface area contributed by atoms with Crippen LogP contribution in [-0.2, 0) is 16.1 Å². The topological polar surface area (TPSA) is 79.4 Å². The molecule has 2 aromatic carbocycles. The van der Waals surface area contributed by atoms with Gasteiger partial charge < -0.3 is 20.3 Å². The lowest BCUT2D eigenvalue weighted by Gasteiger charge is -2.26. The third-order valence-corrected chi connectivity index (χ3v) is 4.79. The summed E-state index contributed by atoms with van der Waals surface area (Å²) in [6.45, 7) is 1.53. The minimum atomic E-state index is -0.298. The van der Waals surface area contributed by atoms with Crippen molar-refractivity contribution in [3.8, 4) is 0 Å². The van der Waals surface area contributed by atoms with Gasteiger partial charge in [0.15, 0.2) is 5.82 Å². The number of ether oxygens (including phenoxy) is 1. The molecule has 1 amide bonds. The molecule has 2 N–H and O–H groups in total. The summed E-state index contributed by atoms with van der Waals surface area (Å²) in [5, 5.41) is 6.56. The van der Waals surface area contributed by atoms with Gasteiger partial charge >= 0.3 is 0 Å². The molecular weight excluding hydrogens is 409 g/mol. The van der Waals surface area contributed by atoms with E-state index in [4.69, 9.17) is 16.3 Å². The van der Waals surface area contributed by atoms with Gasteiger partial charge in [-0.25, -0.2) is 9.37 Å². The maximum atomic E-state index is 13.3. The molecule has 1 aliphatic heterocycles. The molecule has 9 heteroatoms. The van der Waals surface area contributed by atoms with Gasteiger partial charge in [-0.2, -0.15) is 4.98 Å². The Hall–Kier alpha value is -3.23. The van der Waals surface area contributed by atoms with Gasteiger partial charge in [0.2, 0.25) is 5.95 Å². The Morgan fingerprint density at radius 2 is 2.03 bits per heavy atom. The Bertz CT molecular complexity index is 1050. The van der Waals surface area contributed by atoms with Crippen LogP contribution in [0.15, 0.2) is 54.7 Å². The number of nitrogens with one attached hydrogen (secondary N) is 2. The second-order valence-electron chi connectivity index (χ2n) is 6.64. The molecule has 0 saturated carbocycles. The number of rotatable bonds is 6. The number of morpholine rings is 1. The van der Waals surface area contributed by atoms with Crippen molar-refractivity contribution >= 4 is 40.6 Å². The molecule has 0 atom stereocenters. The molecular formula is C21H19ClFN5O2. The number of halogens is 2. The van der Waals surface area contributed by atoms with Crippen molar-refractivity contribution in [2.75, 3.05) is 35.3 Å². The van der Waals surface area contributed by atoms with Gasteiger partial charge in [0.1, 0.15) is 17.4 Å². The minimum Gasteiger partial charge on any atom is -0.370 e. The number of carbonyl (C=O) groups is 1. The van der Waals surface area contributed by atoms with Gasteiger partial charge in [-0.1, -0.05) is 23.7 Å². The molecule has 3 aromatic rings. The molecule has 0 radical (unpaired) electrons. The maximum absolute atomic E-state index is 13.3. The van der Waals surface area contributed by atoms with E-state index in [9.17, 15) is 9.18 Å². The Balaban J connectivity index is 1.43. The number of nitrogens with zero attached hydrogens (tertiary/aromatic N) is 3. The molecule has 1 aliphatic rings. The van der Waals surface area contributed by atoms with Crippen LogP contribution in [0, 0.1) is 5.82 Å². The molecule has 2 heterocycles. The van der Waals surface area contributed by atoms with Crippen LogP contribution in [0.25, 0.3) is 0 Å². The predicted octanol–water partition coefficient (Wildman–Crippen LogP) is 3.99. The Kier molecular flexibility index (Phi) is 6.06. The quantitative estimate of drug-likeness (QED) is 0.619. The number of carbonyl (C=O) groups excluding carboxylic acids is 1.